The third-order valence-electron chi connectivity index (χ3n) is 3.22. The molecule has 4 heteroatoms. The smallest absolute Gasteiger partial charge is 0.172 e. The molecule has 0 aromatic heterocycles. The summed E-state index contributed by atoms with van der Waals surface area (Å²) in [5, 5.41) is 0. The van der Waals surface area contributed by atoms with Gasteiger partial charge in [0.25, 0.3) is 0 Å². The Hall–Kier alpha value is -2.07. The predicted molar refractivity (Wildman–Crippen MR) is 85.9 cm³/mol. The fourth-order valence-electron chi connectivity index (χ4n) is 2.19. The zero-order valence-electron chi connectivity index (χ0n) is 11.2. The Labute approximate surface area is 131 Å². The molecule has 1 aliphatic rings. The third-order valence-corrected chi connectivity index (χ3v) is 3.95. The van der Waals surface area contributed by atoms with E-state index in [1.54, 1.807) is 6.07 Å². The Balaban J connectivity index is 2.00. The van der Waals surface area contributed by atoms with Gasteiger partial charge in [0.1, 0.15) is 13.2 Å². The van der Waals surface area contributed by atoms with Crippen LogP contribution in [0.5, 0.6) is 11.5 Å². The Bertz CT molecular complexity index is 707. The summed E-state index contributed by atoms with van der Waals surface area (Å²) in [6.07, 6.45) is 4.75. The second-order valence-corrected chi connectivity index (χ2v) is 5.43. The molecule has 0 saturated heterocycles. The van der Waals surface area contributed by atoms with E-state index in [4.69, 9.17) is 9.47 Å². The van der Waals surface area contributed by atoms with E-state index in [9.17, 15) is 4.79 Å². The molecule has 106 valence electrons. The van der Waals surface area contributed by atoms with Gasteiger partial charge >= 0.3 is 0 Å². The Morgan fingerprint density at radius 2 is 1.48 bits per heavy atom. The number of fused-ring (bicyclic) bond motifs is 1. The van der Waals surface area contributed by atoms with Crippen molar-refractivity contribution in [1.29, 1.82) is 0 Å². The van der Waals surface area contributed by atoms with Crippen molar-refractivity contribution in [3.05, 3.63) is 57.6 Å². The van der Waals surface area contributed by atoms with Crippen molar-refractivity contribution in [3.63, 3.8) is 0 Å². The summed E-state index contributed by atoms with van der Waals surface area (Å²) in [5.41, 5.74) is 2.48. The summed E-state index contributed by atoms with van der Waals surface area (Å²) in [7, 11) is 0. The van der Waals surface area contributed by atoms with Gasteiger partial charge in [0, 0.05) is 10.0 Å². The van der Waals surface area contributed by atoms with E-state index < -0.39 is 0 Å². The summed E-state index contributed by atoms with van der Waals surface area (Å²) in [6, 6.07) is 11.6. The zero-order valence-corrected chi connectivity index (χ0v) is 12.8. The average molecular weight is 345 g/mol. The molecule has 0 atom stereocenters. The summed E-state index contributed by atoms with van der Waals surface area (Å²) < 4.78 is 12.3. The number of halogens is 1. The fourth-order valence-corrected chi connectivity index (χ4v) is 2.61. The lowest BCUT2D eigenvalue weighted by Gasteiger charge is -2.21. The topological polar surface area (TPSA) is 35.5 Å². The van der Waals surface area contributed by atoms with E-state index in [0.717, 1.165) is 21.9 Å². The van der Waals surface area contributed by atoms with Gasteiger partial charge in [-0.1, -0.05) is 52.3 Å². The van der Waals surface area contributed by atoms with Gasteiger partial charge in [0.05, 0.1) is 5.56 Å². The molecule has 0 N–H and O–H groups in total. The maximum Gasteiger partial charge on any atom is 0.172 e. The van der Waals surface area contributed by atoms with Gasteiger partial charge in [0.2, 0.25) is 0 Å². The highest BCUT2D eigenvalue weighted by atomic mass is 79.9. The molecule has 0 spiro atoms. The van der Waals surface area contributed by atoms with Crippen molar-refractivity contribution < 1.29 is 14.3 Å². The van der Waals surface area contributed by atoms with E-state index >= 15 is 0 Å². The van der Waals surface area contributed by atoms with Gasteiger partial charge in [-0.15, -0.1) is 0 Å². The molecule has 0 radical (unpaired) electrons. The summed E-state index contributed by atoms with van der Waals surface area (Å²) in [6.45, 7) is 0.955. The van der Waals surface area contributed by atoms with Gasteiger partial charge in [-0.2, -0.15) is 0 Å². The van der Waals surface area contributed by atoms with Gasteiger partial charge in [-0.25, -0.2) is 0 Å². The molecule has 2 aromatic rings. The zero-order chi connectivity index (χ0) is 14.7. The van der Waals surface area contributed by atoms with E-state index in [1.165, 1.54) is 0 Å². The maximum absolute atomic E-state index is 11.1. The van der Waals surface area contributed by atoms with Crippen LogP contribution < -0.4 is 9.47 Å². The Morgan fingerprint density at radius 1 is 0.857 bits per heavy atom. The normalized spacial score (nSPS) is 13.4. The van der Waals surface area contributed by atoms with Crippen LogP contribution in [0.3, 0.4) is 0 Å². The van der Waals surface area contributed by atoms with Crippen LogP contribution in [-0.2, 0) is 0 Å². The average Bonchev–Trinajstić information content (AvgIpc) is 2.54. The molecule has 2 aromatic carbocycles. The minimum atomic E-state index is 0.464. The molecule has 0 fully saturated rings. The van der Waals surface area contributed by atoms with Gasteiger partial charge in [-0.05, 0) is 17.7 Å². The monoisotopic (exact) mass is 344 g/mol. The second-order valence-electron chi connectivity index (χ2n) is 4.57. The molecule has 0 amide bonds. The maximum atomic E-state index is 11.1. The second kappa shape index (κ2) is 6.14. The van der Waals surface area contributed by atoms with Crippen LogP contribution in [0.4, 0.5) is 0 Å². The highest BCUT2D eigenvalue weighted by molar-refractivity contribution is 9.10. The van der Waals surface area contributed by atoms with Crippen molar-refractivity contribution in [2.75, 3.05) is 13.2 Å². The highest BCUT2D eigenvalue weighted by Crippen LogP contribution is 2.37. The van der Waals surface area contributed by atoms with Crippen LogP contribution in [0.25, 0.3) is 12.2 Å². The lowest BCUT2D eigenvalue weighted by Crippen LogP contribution is -2.17. The number of carbonyl (C=O) groups excluding carboxylic acids is 1. The third kappa shape index (κ3) is 2.85. The number of hydrogen-bond acceptors (Lipinski definition) is 3. The lowest BCUT2D eigenvalue weighted by atomic mass is 10.1. The first-order valence-electron chi connectivity index (χ1n) is 6.60. The summed E-state index contributed by atoms with van der Waals surface area (Å²) in [4.78, 5) is 11.1. The number of benzene rings is 2. The largest absolute Gasteiger partial charge is 0.485 e. The van der Waals surface area contributed by atoms with Crippen molar-refractivity contribution in [3.8, 4) is 11.5 Å². The molecule has 3 rings (SSSR count). The van der Waals surface area contributed by atoms with Gasteiger partial charge in [0.15, 0.2) is 17.8 Å². The lowest BCUT2D eigenvalue weighted by molar-refractivity contribution is 0.111. The molecule has 0 aliphatic carbocycles. The minimum Gasteiger partial charge on any atom is -0.485 e. The molecule has 21 heavy (non-hydrogen) atoms. The van der Waals surface area contributed by atoms with Crippen molar-refractivity contribution >= 4 is 34.4 Å². The summed E-state index contributed by atoms with van der Waals surface area (Å²) >= 11 is 3.51. The molecule has 0 bridgehead atoms. The molecule has 0 unspecified atom stereocenters. The first-order chi connectivity index (χ1) is 10.3. The number of carbonyl (C=O) groups is 1. The van der Waals surface area contributed by atoms with Crippen LogP contribution in [0.2, 0.25) is 0 Å². The van der Waals surface area contributed by atoms with Crippen LogP contribution in [0.1, 0.15) is 21.5 Å². The first kappa shape index (κ1) is 13.9. The minimum absolute atomic E-state index is 0.464. The molecular formula is C17H13BrO3. The molecular weight excluding hydrogens is 332 g/mol. The molecule has 3 nitrogen and oxygen atoms in total. The van der Waals surface area contributed by atoms with Crippen molar-refractivity contribution in [2.45, 2.75) is 0 Å². The first-order valence-corrected chi connectivity index (χ1v) is 7.39. The SMILES string of the molecule is O=Cc1ccc(/C=C\c2ccccc2Br)c2c1OCCO2. The van der Waals surface area contributed by atoms with E-state index in [2.05, 4.69) is 15.9 Å². The highest BCUT2D eigenvalue weighted by Gasteiger charge is 2.18. The van der Waals surface area contributed by atoms with Crippen LogP contribution >= 0.6 is 15.9 Å². The number of aldehydes is 1. The molecule has 0 saturated carbocycles. The fraction of sp³-hybridized carbons (Fsp3) is 0.118. The van der Waals surface area contributed by atoms with E-state index in [0.29, 0.717) is 30.3 Å². The molecule has 1 aliphatic heterocycles. The summed E-state index contributed by atoms with van der Waals surface area (Å²) in [5.74, 6) is 1.17. The van der Waals surface area contributed by atoms with E-state index in [1.807, 2.05) is 42.5 Å². The Morgan fingerprint density at radius 3 is 2.19 bits per heavy atom. The Kier molecular flexibility index (Phi) is 4.06. The van der Waals surface area contributed by atoms with Crippen LogP contribution in [-0.4, -0.2) is 19.5 Å². The van der Waals surface area contributed by atoms with Gasteiger partial charge < -0.3 is 9.47 Å². The number of hydrogen-bond donors (Lipinski definition) is 0. The van der Waals surface area contributed by atoms with Crippen LogP contribution in [0, 0.1) is 0 Å². The van der Waals surface area contributed by atoms with Gasteiger partial charge in [-0.3, -0.25) is 4.79 Å². The predicted octanol–water partition coefficient (Wildman–Crippen LogP) is 4.20. The molecule has 1 heterocycles. The quantitative estimate of drug-likeness (QED) is 0.618. The van der Waals surface area contributed by atoms with E-state index in [-0.39, 0.29) is 0 Å². The number of rotatable bonds is 3. The van der Waals surface area contributed by atoms with Crippen LogP contribution in [0.15, 0.2) is 40.9 Å². The number of ether oxygens (including phenoxy) is 2. The van der Waals surface area contributed by atoms with Crippen molar-refractivity contribution in [1.82, 2.24) is 0 Å². The standard InChI is InChI=1S/C17H13BrO3/c18-15-4-2-1-3-12(15)5-6-13-7-8-14(11-19)17-16(13)20-9-10-21-17/h1-8,11H,9-10H2/b6-5-. The van der Waals surface area contributed by atoms with Crippen molar-refractivity contribution in [2.24, 2.45) is 0 Å².